The fourth-order valence-electron chi connectivity index (χ4n) is 8.74. The third-order valence-corrected chi connectivity index (χ3v) is 12.1. The Kier molecular flexibility index (Phi) is 16.7. The summed E-state index contributed by atoms with van der Waals surface area (Å²) in [7, 11) is 5.24. The molecule has 3 aliphatic heterocycles. The first-order valence-electron chi connectivity index (χ1n) is 19.8. The number of hydrogen-bond acceptors (Lipinski definition) is 15. The SMILES string of the molecule is C=CC(=O)O[C@@H]1[C@H](C)NC[C@H](C)C[C@](C)(O)[C@H](O[C@@H]2O[C@H](C)C[C@H](N(C)C)[C@H]2O)[C@@H](C)[C@H](O[C@H]2C[C@@](C)(OC)[C@@H](O)[C@H](C)O2)[C@@H](C)C(=O)O[C@@H](CC)[C@@]1(C)O. The number of methoxy groups -OCH3 is 1. The van der Waals surface area contributed by atoms with Crippen molar-refractivity contribution >= 4 is 11.9 Å². The average Bonchev–Trinajstić information content (AvgIpc) is 3.11. The van der Waals surface area contributed by atoms with Crippen LogP contribution in [-0.2, 0) is 42.7 Å². The van der Waals surface area contributed by atoms with Gasteiger partial charge < -0.3 is 63.8 Å². The van der Waals surface area contributed by atoms with Crippen LogP contribution in [0.25, 0.3) is 0 Å². The van der Waals surface area contributed by atoms with Gasteiger partial charge in [0.05, 0.1) is 41.5 Å². The van der Waals surface area contributed by atoms with Gasteiger partial charge in [0.2, 0.25) is 0 Å². The molecule has 0 unspecified atom stereocenters. The third kappa shape index (κ3) is 11.3. The molecule has 0 aromatic carbocycles. The first kappa shape index (κ1) is 47.6. The maximum absolute atomic E-state index is 14.4. The number of aliphatic hydroxyl groups is 4. The van der Waals surface area contributed by atoms with Gasteiger partial charge in [-0.15, -0.1) is 0 Å². The Morgan fingerprint density at radius 1 is 1.02 bits per heavy atom. The van der Waals surface area contributed by atoms with E-state index in [1.165, 1.54) is 14.0 Å². The molecular weight excluding hydrogens is 716 g/mol. The van der Waals surface area contributed by atoms with Crippen molar-refractivity contribution in [3.8, 4) is 0 Å². The summed E-state index contributed by atoms with van der Waals surface area (Å²) in [6.07, 6.45) is -7.51. The molecule has 0 aromatic heterocycles. The van der Waals surface area contributed by atoms with Gasteiger partial charge in [0.15, 0.2) is 12.6 Å². The molecule has 0 amide bonds. The van der Waals surface area contributed by atoms with E-state index >= 15 is 0 Å². The number of cyclic esters (lactones) is 1. The molecule has 15 nitrogen and oxygen atoms in total. The second-order valence-electron chi connectivity index (χ2n) is 17.3. The molecule has 0 aliphatic carbocycles. The molecule has 18 atom stereocenters. The van der Waals surface area contributed by atoms with Crippen molar-refractivity contribution in [3.63, 3.8) is 0 Å². The zero-order valence-corrected chi connectivity index (χ0v) is 35.4. The molecule has 3 fully saturated rings. The highest BCUT2D eigenvalue weighted by Gasteiger charge is 2.53. The summed E-state index contributed by atoms with van der Waals surface area (Å²) < 4.78 is 43.3. The first-order chi connectivity index (χ1) is 25.4. The first-order valence-corrected chi connectivity index (χ1v) is 19.8. The van der Waals surface area contributed by atoms with E-state index in [2.05, 4.69) is 11.9 Å². The highest BCUT2D eigenvalue weighted by atomic mass is 16.7. The van der Waals surface area contributed by atoms with Crippen LogP contribution in [0.2, 0.25) is 0 Å². The Bertz CT molecular complexity index is 1270. The van der Waals surface area contributed by atoms with Gasteiger partial charge in [-0.3, -0.25) is 4.79 Å². The third-order valence-electron chi connectivity index (χ3n) is 12.1. The minimum absolute atomic E-state index is 0.109. The lowest BCUT2D eigenvalue weighted by molar-refractivity contribution is -0.318. The van der Waals surface area contributed by atoms with E-state index in [0.29, 0.717) is 13.0 Å². The molecule has 15 heteroatoms. The fraction of sp³-hybridized carbons (Fsp3) is 0.900. The predicted octanol–water partition coefficient (Wildman–Crippen LogP) is 2.30. The van der Waals surface area contributed by atoms with Crippen LogP contribution >= 0.6 is 0 Å². The van der Waals surface area contributed by atoms with E-state index in [-0.39, 0.29) is 37.3 Å². The largest absolute Gasteiger partial charge is 0.459 e. The highest BCUT2D eigenvalue weighted by Crippen LogP contribution is 2.40. The second-order valence-corrected chi connectivity index (χ2v) is 17.3. The van der Waals surface area contributed by atoms with Crippen molar-refractivity contribution in [3.05, 3.63) is 12.7 Å². The topological polar surface area (TPSA) is 195 Å². The molecule has 0 bridgehead atoms. The van der Waals surface area contributed by atoms with E-state index in [1.54, 1.807) is 48.5 Å². The van der Waals surface area contributed by atoms with Crippen LogP contribution in [0.5, 0.6) is 0 Å². The van der Waals surface area contributed by atoms with Crippen molar-refractivity contribution in [2.75, 3.05) is 27.7 Å². The Labute approximate surface area is 328 Å². The Morgan fingerprint density at radius 3 is 2.22 bits per heavy atom. The van der Waals surface area contributed by atoms with Crippen molar-refractivity contribution in [2.45, 2.75) is 185 Å². The zero-order valence-electron chi connectivity index (χ0n) is 35.4. The van der Waals surface area contributed by atoms with Gasteiger partial charge in [-0.25, -0.2) is 4.79 Å². The lowest BCUT2D eigenvalue weighted by atomic mass is 9.77. The monoisotopic (exact) mass is 789 g/mol. The number of ether oxygens (including phenoxy) is 7. The van der Waals surface area contributed by atoms with Crippen LogP contribution in [0, 0.1) is 17.8 Å². The Balaban J connectivity index is 2.19. The summed E-state index contributed by atoms with van der Waals surface area (Å²) in [5.41, 5.74) is -4.50. The summed E-state index contributed by atoms with van der Waals surface area (Å²) in [6, 6.07) is -0.922. The molecule has 0 radical (unpaired) electrons. The summed E-state index contributed by atoms with van der Waals surface area (Å²) in [5.74, 6) is -3.53. The average molecular weight is 789 g/mol. The van der Waals surface area contributed by atoms with Crippen LogP contribution < -0.4 is 5.32 Å². The molecule has 3 heterocycles. The van der Waals surface area contributed by atoms with Crippen LogP contribution in [-0.4, -0.2) is 155 Å². The second kappa shape index (κ2) is 19.3. The number of carbonyl (C=O) groups is 2. The Hall–Kier alpha value is -1.76. The van der Waals surface area contributed by atoms with E-state index in [9.17, 15) is 30.0 Å². The van der Waals surface area contributed by atoms with E-state index in [0.717, 1.165) is 6.08 Å². The molecule has 55 heavy (non-hydrogen) atoms. The number of hydrogen-bond donors (Lipinski definition) is 5. The van der Waals surface area contributed by atoms with E-state index < -0.39 is 102 Å². The predicted molar refractivity (Wildman–Crippen MR) is 204 cm³/mol. The fourth-order valence-corrected chi connectivity index (χ4v) is 8.74. The lowest BCUT2D eigenvalue weighted by Gasteiger charge is -2.48. The number of nitrogens with one attached hydrogen (secondary N) is 1. The van der Waals surface area contributed by atoms with E-state index in [4.69, 9.17) is 33.2 Å². The molecule has 0 saturated carbocycles. The molecule has 3 saturated heterocycles. The summed E-state index contributed by atoms with van der Waals surface area (Å²) in [4.78, 5) is 28.8. The molecule has 320 valence electrons. The van der Waals surface area contributed by atoms with E-state index in [1.807, 2.05) is 32.8 Å². The maximum Gasteiger partial charge on any atom is 0.330 e. The minimum Gasteiger partial charge on any atom is -0.459 e. The van der Waals surface area contributed by atoms with Gasteiger partial charge in [0, 0.05) is 37.6 Å². The Morgan fingerprint density at radius 2 is 1.65 bits per heavy atom. The molecular formula is C40H72N2O13. The summed E-state index contributed by atoms with van der Waals surface area (Å²) in [5, 5.41) is 50.4. The van der Waals surface area contributed by atoms with Crippen LogP contribution in [0.3, 0.4) is 0 Å². The number of esters is 2. The quantitative estimate of drug-likeness (QED) is 0.169. The van der Waals surface area contributed by atoms with Crippen molar-refractivity contribution in [1.82, 2.24) is 10.2 Å². The molecule has 3 aliphatic rings. The highest BCUT2D eigenvalue weighted by molar-refractivity contribution is 5.81. The molecule has 0 aromatic rings. The van der Waals surface area contributed by atoms with Crippen molar-refractivity contribution in [2.24, 2.45) is 17.8 Å². The minimum atomic E-state index is -1.86. The summed E-state index contributed by atoms with van der Waals surface area (Å²) in [6.45, 7) is 21.2. The number of nitrogens with zero attached hydrogens (tertiary/aromatic N) is 1. The normalized spacial score (nSPS) is 46.9. The smallest absolute Gasteiger partial charge is 0.330 e. The van der Waals surface area contributed by atoms with Gasteiger partial charge in [0.25, 0.3) is 0 Å². The standard InChI is InChI=1S/C40H72N2O13/c1-15-28-40(11,48)35(53-29(43)16-2)25(7)41-20-21(3)18-38(9,47)34(55-37-31(44)27(42(12)13)17-22(4)50-37)23(5)32(24(6)36(46)52-28)54-30-19-39(10,49-14)33(45)26(8)51-30/h16,21-28,30-35,37,41,44-45,47-48H,2,15,17-20H2,1,3-14H3/t21-,22-,23+,24-,25+,26+,27+,28+,30+,31-,32+,33+,34-,35-,37+,38+,39-,40-/m1/s1. The summed E-state index contributed by atoms with van der Waals surface area (Å²) >= 11 is 0. The van der Waals surface area contributed by atoms with Gasteiger partial charge >= 0.3 is 11.9 Å². The van der Waals surface area contributed by atoms with Crippen LogP contribution in [0.15, 0.2) is 12.7 Å². The maximum atomic E-state index is 14.4. The number of aliphatic hydroxyl groups excluding tert-OH is 2. The number of likely N-dealkylation sites (N-methyl/N-ethyl adjacent to an activating group) is 1. The van der Waals surface area contributed by atoms with Gasteiger partial charge in [0.1, 0.15) is 30.0 Å². The van der Waals surface area contributed by atoms with Crippen molar-refractivity contribution < 1.29 is 63.2 Å². The number of rotatable bonds is 9. The lowest BCUT2D eigenvalue weighted by Crippen LogP contribution is -2.60. The van der Waals surface area contributed by atoms with Crippen molar-refractivity contribution in [1.29, 1.82) is 0 Å². The van der Waals surface area contributed by atoms with Gasteiger partial charge in [-0.2, -0.15) is 0 Å². The molecule has 5 N–H and O–H groups in total. The zero-order chi connectivity index (χ0) is 41.8. The molecule has 3 rings (SSSR count). The van der Waals surface area contributed by atoms with Crippen LogP contribution in [0.4, 0.5) is 0 Å². The number of carbonyl (C=O) groups excluding carboxylic acids is 2. The van der Waals surface area contributed by atoms with Gasteiger partial charge in [-0.1, -0.05) is 27.4 Å². The van der Waals surface area contributed by atoms with Crippen LogP contribution in [0.1, 0.15) is 94.9 Å². The van der Waals surface area contributed by atoms with Gasteiger partial charge in [-0.05, 0) is 94.3 Å². The molecule has 0 spiro atoms.